The molecule has 1 aliphatic rings. The molecule has 0 saturated carbocycles. The molecule has 1 saturated heterocycles. The minimum atomic E-state index is -0.438. The second-order valence-electron chi connectivity index (χ2n) is 4.33. The second kappa shape index (κ2) is 6.56. The number of carbonyl (C=O) groups excluding carboxylic acids is 2. The Morgan fingerprint density at radius 2 is 2.12 bits per heavy atom. The Bertz CT molecular complexity index is 283. The summed E-state index contributed by atoms with van der Waals surface area (Å²) in [5.74, 6) is -0.281. The number of rotatable bonds is 3. The molecule has 2 N–H and O–H groups in total. The van der Waals surface area contributed by atoms with Crippen molar-refractivity contribution in [3.05, 3.63) is 0 Å². The lowest BCUT2D eigenvalue weighted by atomic mass is 10.2. The van der Waals surface area contributed by atoms with Crippen LogP contribution in [0.3, 0.4) is 0 Å². The Morgan fingerprint density at radius 1 is 1.41 bits per heavy atom. The van der Waals surface area contributed by atoms with Gasteiger partial charge in [0.15, 0.2) is 0 Å². The molecule has 0 unspecified atom stereocenters. The zero-order valence-electron chi connectivity index (χ0n) is 10.7. The average molecular weight is 243 g/mol. The van der Waals surface area contributed by atoms with Crippen LogP contribution < -0.4 is 10.6 Å². The minimum Gasteiger partial charge on any atom is -0.376 e. The first-order valence-corrected chi connectivity index (χ1v) is 5.96. The third-order valence-electron chi connectivity index (χ3n) is 2.67. The summed E-state index contributed by atoms with van der Waals surface area (Å²) in [6, 6.07) is -0.238. The van der Waals surface area contributed by atoms with Crippen LogP contribution in [0.15, 0.2) is 0 Å². The molecule has 0 aliphatic carbocycles. The van der Waals surface area contributed by atoms with Gasteiger partial charge in [0.2, 0.25) is 5.91 Å². The van der Waals surface area contributed by atoms with E-state index in [1.54, 1.807) is 6.92 Å². The van der Waals surface area contributed by atoms with Crippen LogP contribution in [0.4, 0.5) is 4.79 Å². The van der Waals surface area contributed by atoms with Crippen LogP contribution in [0.25, 0.3) is 0 Å². The quantitative estimate of drug-likeness (QED) is 0.728. The van der Waals surface area contributed by atoms with E-state index in [2.05, 4.69) is 10.6 Å². The Kier molecular flexibility index (Phi) is 5.37. The van der Waals surface area contributed by atoms with Gasteiger partial charge in [-0.25, -0.2) is 4.79 Å². The zero-order valence-corrected chi connectivity index (χ0v) is 10.7. The number of hydrogen-bond donors (Lipinski definition) is 2. The maximum atomic E-state index is 11.6. The molecule has 0 spiro atoms. The molecule has 6 heteroatoms. The second-order valence-corrected chi connectivity index (χ2v) is 4.33. The molecule has 0 radical (unpaired) electrons. The molecule has 1 fully saturated rings. The fourth-order valence-corrected chi connectivity index (χ4v) is 1.75. The van der Waals surface area contributed by atoms with Crippen molar-refractivity contribution in [2.45, 2.75) is 32.9 Å². The van der Waals surface area contributed by atoms with Gasteiger partial charge in [-0.3, -0.25) is 15.0 Å². The molecule has 3 amide bonds. The maximum absolute atomic E-state index is 11.6. The minimum absolute atomic E-state index is 0.128. The van der Waals surface area contributed by atoms with E-state index in [4.69, 9.17) is 4.74 Å². The van der Waals surface area contributed by atoms with E-state index in [0.717, 1.165) is 0 Å². The van der Waals surface area contributed by atoms with Gasteiger partial charge >= 0.3 is 6.03 Å². The highest BCUT2D eigenvalue weighted by molar-refractivity contribution is 5.95. The Morgan fingerprint density at radius 3 is 2.76 bits per heavy atom. The van der Waals surface area contributed by atoms with E-state index >= 15 is 0 Å². The van der Waals surface area contributed by atoms with Crippen LogP contribution >= 0.6 is 0 Å². The lowest BCUT2D eigenvalue weighted by Gasteiger charge is -2.36. The third kappa shape index (κ3) is 4.70. The molecular weight excluding hydrogens is 222 g/mol. The molecule has 1 aliphatic heterocycles. The highest BCUT2D eigenvalue weighted by atomic mass is 16.5. The van der Waals surface area contributed by atoms with Gasteiger partial charge in [-0.15, -0.1) is 0 Å². The standard InChI is InChI=1S/C11H21N3O3/c1-4-12-11(16)13-10(15)6-14-5-9(3)17-7-8(14)2/h8-9H,4-7H2,1-3H3,(H2,12,13,15,16)/t8-,9+/m1/s1. The first-order chi connectivity index (χ1) is 8.02. The number of carbonyl (C=O) groups is 2. The van der Waals surface area contributed by atoms with Crippen LogP contribution in [0.5, 0.6) is 0 Å². The molecule has 6 nitrogen and oxygen atoms in total. The van der Waals surface area contributed by atoms with Gasteiger partial charge in [-0.2, -0.15) is 0 Å². The van der Waals surface area contributed by atoms with E-state index in [-0.39, 0.29) is 24.6 Å². The summed E-state index contributed by atoms with van der Waals surface area (Å²) < 4.78 is 5.47. The number of amides is 3. The lowest BCUT2D eigenvalue weighted by molar-refractivity contribution is -0.124. The summed E-state index contributed by atoms with van der Waals surface area (Å²) in [7, 11) is 0. The van der Waals surface area contributed by atoms with Gasteiger partial charge in [0, 0.05) is 19.1 Å². The number of morpholine rings is 1. The van der Waals surface area contributed by atoms with Gasteiger partial charge in [0.05, 0.1) is 19.3 Å². The fourth-order valence-electron chi connectivity index (χ4n) is 1.75. The largest absolute Gasteiger partial charge is 0.376 e. The van der Waals surface area contributed by atoms with Crippen molar-refractivity contribution in [2.24, 2.45) is 0 Å². The Labute approximate surface area is 102 Å². The van der Waals surface area contributed by atoms with Crippen molar-refractivity contribution >= 4 is 11.9 Å². The zero-order chi connectivity index (χ0) is 12.8. The molecule has 1 rings (SSSR count). The first-order valence-electron chi connectivity index (χ1n) is 5.96. The number of hydrogen-bond acceptors (Lipinski definition) is 4. The van der Waals surface area contributed by atoms with E-state index in [9.17, 15) is 9.59 Å². The number of ether oxygens (including phenoxy) is 1. The highest BCUT2D eigenvalue weighted by Gasteiger charge is 2.25. The van der Waals surface area contributed by atoms with Gasteiger partial charge < -0.3 is 10.1 Å². The number of urea groups is 1. The molecule has 0 aromatic carbocycles. The molecular formula is C11H21N3O3. The van der Waals surface area contributed by atoms with Crippen LogP contribution in [0.1, 0.15) is 20.8 Å². The van der Waals surface area contributed by atoms with Gasteiger partial charge in [-0.1, -0.05) is 0 Å². The van der Waals surface area contributed by atoms with E-state index in [1.807, 2.05) is 18.7 Å². The monoisotopic (exact) mass is 243 g/mol. The summed E-state index contributed by atoms with van der Waals surface area (Å²) in [5.41, 5.74) is 0. The fraction of sp³-hybridized carbons (Fsp3) is 0.818. The predicted octanol–water partition coefficient (Wildman–Crippen LogP) is -0.0587. The molecule has 98 valence electrons. The van der Waals surface area contributed by atoms with Crippen molar-refractivity contribution in [1.29, 1.82) is 0 Å². The maximum Gasteiger partial charge on any atom is 0.321 e. The van der Waals surface area contributed by atoms with Crippen molar-refractivity contribution in [3.63, 3.8) is 0 Å². The number of imide groups is 1. The van der Waals surface area contributed by atoms with Crippen molar-refractivity contribution < 1.29 is 14.3 Å². The number of nitrogens with one attached hydrogen (secondary N) is 2. The normalized spacial score (nSPS) is 25.4. The first kappa shape index (κ1) is 13.9. The summed E-state index contributed by atoms with van der Waals surface area (Å²) in [5, 5.41) is 4.81. The molecule has 1 heterocycles. The highest BCUT2D eigenvalue weighted by Crippen LogP contribution is 2.10. The van der Waals surface area contributed by atoms with E-state index in [1.165, 1.54) is 0 Å². The van der Waals surface area contributed by atoms with Crippen LogP contribution in [0.2, 0.25) is 0 Å². The van der Waals surface area contributed by atoms with E-state index < -0.39 is 6.03 Å². The summed E-state index contributed by atoms with van der Waals surface area (Å²) in [4.78, 5) is 24.8. The molecule has 2 atom stereocenters. The third-order valence-corrected chi connectivity index (χ3v) is 2.67. The van der Waals surface area contributed by atoms with Crippen molar-refractivity contribution in [1.82, 2.24) is 15.5 Å². The lowest BCUT2D eigenvalue weighted by Crippen LogP contribution is -2.52. The van der Waals surface area contributed by atoms with Gasteiger partial charge in [-0.05, 0) is 20.8 Å². The predicted molar refractivity (Wildman–Crippen MR) is 63.7 cm³/mol. The SMILES string of the molecule is CCNC(=O)NC(=O)CN1C[C@H](C)OC[C@H]1C. The molecule has 0 aromatic rings. The average Bonchev–Trinajstić information content (AvgIpc) is 2.23. The number of nitrogens with zero attached hydrogens (tertiary/aromatic N) is 1. The van der Waals surface area contributed by atoms with Gasteiger partial charge in [0.1, 0.15) is 0 Å². The summed E-state index contributed by atoms with van der Waals surface area (Å²) in [6.07, 6.45) is 0.128. The Hall–Kier alpha value is -1.14. The summed E-state index contributed by atoms with van der Waals surface area (Å²) in [6.45, 7) is 7.84. The van der Waals surface area contributed by atoms with Crippen LogP contribution in [0, 0.1) is 0 Å². The van der Waals surface area contributed by atoms with Gasteiger partial charge in [0.25, 0.3) is 0 Å². The van der Waals surface area contributed by atoms with E-state index in [0.29, 0.717) is 19.7 Å². The topological polar surface area (TPSA) is 70.7 Å². The van der Waals surface area contributed by atoms with Crippen molar-refractivity contribution in [2.75, 3.05) is 26.2 Å². The van der Waals surface area contributed by atoms with Crippen molar-refractivity contribution in [3.8, 4) is 0 Å². The Balaban J connectivity index is 2.36. The van der Waals surface area contributed by atoms with Crippen LogP contribution in [-0.2, 0) is 9.53 Å². The smallest absolute Gasteiger partial charge is 0.321 e. The summed E-state index contributed by atoms with van der Waals surface area (Å²) >= 11 is 0. The molecule has 17 heavy (non-hydrogen) atoms. The van der Waals surface area contributed by atoms with Crippen LogP contribution in [-0.4, -0.2) is 55.2 Å². The molecule has 0 aromatic heterocycles. The molecule has 0 bridgehead atoms.